The van der Waals surface area contributed by atoms with Gasteiger partial charge >= 0.3 is 5.69 Å². The standard InChI is InChI=1S/C7H10F2N4O3/c8-4(9)3-16-2-1-10-5-6(14)11-7(15)13-12-5/h4H,1-3H2,(H,10,12)(H2,11,13,14,15). The van der Waals surface area contributed by atoms with Crippen LogP contribution in [0.2, 0.25) is 0 Å². The molecule has 1 heterocycles. The van der Waals surface area contributed by atoms with Gasteiger partial charge in [0.05, 0.1) is 6.61 Å². The number of nitrogens with one attached hydrogen (secondary N) is 3. The summed E-state index contributed by atoms with van der Waals surface area (Å²) in [4.78, 5) is 23.6. The first-order chi connectivity index (χ1) is 7.59. The van der Waals surface area contributed by atoms with Gasteiger partial charge in [0.25, 0.3) is 12.0 Å². The third kappa shape index (κ3) is 4.17. The van der Waals surface area contributed by atoms with Crippen LogP contribution >= 0.6 is 0 Å². The van der Waals surface area contributed by atoms with Gasteiger partial charge in [-0.2, -0.15) is 0 Å². The van der Waals surface area contributed by atoms with Crippen LogP contribution < -0.4 is 16.6 Å². The molecule has 0 saturated carbocycles. The van der Waals surface area contributed by atoms with E-state index in [0.29, 0.717) is 0 Å². The molecule has 0 aliphatic heterocycles. The summed E-state index contributed by atoms with van der Waals surface area (Å²) < 4.78 is 27.8. The molecule has 16 heavy (non-hydrogen) atoms. The van der Waals surface area contributed by atoms with E-state index in [1.165, 1.54) is 0 Å². The number of halogens is 2. The van der Waals surface area contributed by atoms with E-state index >= 15 is 0 Å². The second kappa shape index (κ2) is 5.95. The summed E-state index contributed by atoms with van der Waals surface area (Å²) in [6.45, 7) is -0.517. The molecular weight excluding hydrogens is 226 g/mol. The Hall–Kier alpha value is -1.77. The molecule has 1 aromatic heterocycles. The highest BCUT2D eigenvalue weighted by molar-refractivity contribution is 5.28. The molecule has 0 unspecified atom stereocenters. The lowest BCUT2D eigenvalue weighted by molar-refractivity contribution is 0.0214. The Labute approximate surface area is 87.8 Å². The maximum atomic E-state index is 11.6. The van der Waals surface area contributed by atoms with Crippen LogP contribution in [0.4, 0.5) is 14.6 Å². The van der Waals surface area contributed by atoms with E-state index in [1.54, 1.807) is 0 Å². The lowest BCUT2D eigenvalue weighted by Crippen LogP contribution is -2.28. The quantitative estimate of drug-likeness (QED) is 0.559. The molecule has 0 amide bonds. The second-order valence-electron chi connectivity index (χ2n) is 2.75. The monoisotopic (exact) mass is 236 g/mol. The van der Waals surface area contributed by atoms with Crippen molar-refractivity contribution in [1.82, 2.24) is 15.2 Å². The van der Waals surface area contributed by atoms with E-state index in [-0.39, 0.29) is 19.0 Å². The van der Waals surface area contributed by atoms with Gasteiger partial charge in [-0.1, -0.05) is 0 Å². The van der Waals surface area contributed by atoms with E-state index in [0.717, 1.165) is 0 Å². The maximum Gasteiger partial charge on any atom is 0.342 e. The minimum Gasteiger partial charge on any atom is -0.374 e. The van der Waals surface area contributed by atoms with Gasteiger partial charge in [0.2, 0.25) is 5.82 Å². The van der Waals surface area contributed by atoms with Gasteiger partial charge in [0.1, 0.15) is 6.61 Å². The molecule has 0 aromatic carbocycles. The molecule has 0 atom stereocenters. The van der Waals surface area contributed by atoms with Gasteiger partial charge in [-0.25, -0.2) is 18.7 Å². The third-order valence-corrected chi connectivity index (χ3v) is 1.49. The second-order valence-corrected chi connectivity index (χ2v) is 2.75. The topological polar surface area (TPSA) is 99.9 Å². The number of anilines is 1. The van der Waals surface area contributed by atoms with Crippen molar-refractivity contribution >= 4 is 5.82 Å². The van der Waals surface area contributed by atoms with Gasteiger partial charge in [-0.05, 0) is 0 Å². The van der Waals surface area contributed by atoms with Crippen molar-refractivity contribution in [3.8, 4) is 0 Å². The Morgan fingerprint density at radius 1 is 1.44 bits per heavy atom. The van der Waals surface area contributed by atoms with E-state index in [9.17, 15) is 18.4 Å². The number of aromatic nitrogens is 3. The van der Waals surface area contributed by atoms with E-state index in [1.807, 2.05) is 10.1 Å². The molecule has 0 aliphatic carbocycles. The average Bonchev–Trinajstić information content (AvgIpc) is 2.20. The number of hydrogen-bond donors (Lipinski definition) is 3. The summed E-state index contributed by atoms with van der Waals surface area (Å²) in [6, 6.07) is 0. The van der Waals surface area contributed by atoms with E-state index in [2.05, 4.69) is 15.2 Å². The van der Waals surface area contributed by atoms with Crippen molar-refractivity contribution < 1.29 is 13.5 Å². The minimum atomic E-state index is -2.52. The van der Waals surface area contributed by atoms with Crippen LogP contribution in [-0.4, -0.2) is 41.4 Å². The molecule has 0 bridgehead atoms. The first-order valence-corrected chi connectivity index (χ1v) is 4.38. The highest BCUT2D eigenvalue weighted by Gasteiger charge is 2.03. The molecule has 1 aromatic rings. The number of alkyl halides is 2. The van der Waals surface area contributed by atoms with Gasteiger partial charge in [-0.3, -0.25) is 9.78 Å². The van der Waals surface area contributed by atoms with E-state index in [4.69, 9.17) is 0 Å². The number of nitrogens with zero attached hydrogens (tertiary/aromatic N) is 1. The van der Waals surface area contributed by atoms with E-state index < -0.39 is 24.3 Å². The highest BCUT2D eigenvalue weighted by Crippen LogP contribution is 1.92. The van der Waals surface area contributed by atoms with Gasteiger partial charge in [0, 0.05) is 6.54 Å². The normalized spacial score (nSPS) is 10.7. The van der Waals surface area contributed by atoms with Gasteiger partial charge in [-0.15, -0.1) is 5.10 Å². The lowest BCUT2D eigenvalue weighted by atomic mass is 10.6. The fourth-order valence-corrected chi connectivity index (χ4v) is 0.882. The SMILES string of the molecule is O=c1[nH]nc(NCCOCC(F)F)c(=O)[nH]1. The zero-order chi connectivity index (χ0) is 12.0. The third-order valence-electron chi connectivity index (χ3n) is 1.49. The predicted molar refractivity (Wildman–Crippen MR) is 50.8 cm³/mol. The molecule has 3 N–H and O–H groups in total. The number of rotatable bonds is 6. The number of aromatic amines is 2. The first-order valence-electron chi connectivity index (χ1n) is 4.38. The Balaban J connectivity index is 2.32. The maximum absolute atomic E-state index is 11.6. The number of ether oxygens (including phenoxy) is 1. The van der Waals surface area contributed by atoms with Crippen LogP contribution in [0.3, 0.4) is 0 Å². The molecular formula is C7H10F2N4O3. The molecule has 7 nitrogen and oxygen atoms in total. The molecule has 0 saturated heterocycles. The van der Waals surface area contributed by atoms with Crippen LogP contribution in [-0.2, 0) is 4.74 Å². The fourth-order valence-electron chi connectivity index (χ4n) is 0.882. The van der Waals surface area contributed by atoms with Crippen molar-refractivity contribution in [3.05, 3.63) is 20.8 Å². The Bertz CT molecular complexity index is 430. The summed E-state index contributed by atoms with van der Waals surface area (Å²) >= 11 is 0. The van der Waals surface area contributed by atoms with Crippen molar-refractivity contribution in [2.45, 2.75) is 6.43 Å². The highest BCUT2D eigenvalue weighted by atomic mass is 19.3. The average molecular weight is 236 g/mol. The van der Waals surface area contributed by atoms with Crippen LogP contribution in [0, 0.1) is 0 Å². The molecule has 1 rings (SSSR count). The van der Waals surface area contributed by atoms with Crippen LogP contribution in [0.25, 0.3) is 0 Å². The largest absolute Gasteiger partial charge is 0.374 e. The summed E-state index contributed by atoms with van der Waals surface area (Å²) in [5, 5.41) is 7.95. The predicted octanol–water partition coefficient (Wildman–Crippen LogP) is -0.848. The van der Waals surface area contributed by atoms with Gasteiger partial charge < -0.3 is 10.1 Å². The zero-order valence-electron chi connectivity index (χ0n) is 8.13. The molecule has 9 heteroatoms. The van der Waals surface area contributed by atoms with Crippen molar-refractivity contribution in [2.24, 2.45) is 0 Å². The first kappa shape index (κ1) is 12.3. The molecule has 0 fully saturated rings. The summed E-state index contributed by atoms with van der Waals surface area (Å²) in [5.41, 5.74) is -1.40. The van der Waals surface area contributed by atoms with Crippen molar-refractivity contribution in [3.63, 3.8) is 0 Å². The number of hydrogen-bond acceptors (Lipinski definition) is 5. The Morgan fingerprint density at radius 3 is 2.81 bits per heavy atom. The zero-order valence-corrected chi connectivity index (χ0v) is 8.13. The molecule has 0 aliphatic rings. The summed E-state index contributed by atoms with van der Waals surface area (Å²) in [5.74, 6) is -0.0970. The molecule has 0 radical (unpaired) electrons. The van der Waals surface area contributed by atoms with Crippen molar-refractivity contribution in [2.75, 3.05) is 25.1 Å². The van der Waals surface area contributed by atoms with Crippen LogP contribution in [0.15, 0.2) is 9.59 Å². The number of H-pyrrole nitrogens is 2. The molecule has 90 valence electrons. The minimum absolute atomic E-state index is 0.00455. The summed E-state index contributed by atoms with van der Waals surface area (Å²) in [6.07, 6.45) is -2.52. The molecule has 0 spiro atoms. The Morgan fingerprint density at radius 2 is 2.19 bits per heavy atom. The van der Waals surface area contributed by atoms with Crippen LogP contribution in [0.5, 0.6) is 0 Å². The fraction of sp³-hybridized carbons (Fsp3) is 0.571. The Kier molecular flexibility index (Phi) is 4.58. The van der Waals surface area contributed by atoms with Crippen LogP contribution in [0.1, 0.15) is 0 Å². The van der Waals surface area contributed by atoms with Crippen molar-refractivity contribution in [1.29, 1.82) is 0 Å². The van der Waals surface area contributed by atoms with Gasteiger partial charge in [0.15, 0.2) is 0 Å². The summed E-state index contributed by atoms with van der Waals surface area (Å²) in [7, 11) is 0. The smallest absolute Gasteiger partial charge is 0.342 e. The lowest BCUT2D eigenvalue weighted by Gasteiger charge is -2.04.